The average molecular weight is 329 g/mol. The smallest absolute Gasteiger partial charge is 0.119 e. The van der Waals surface area contributed by atoms with E-state index in [9.17, 15) is 5.11 Å². The van der Waals surface area contributed by atoms with Crippen molar-refractivity contribution in [1.29, 1.82) is 0 Å². The summed E-state index contributed by atoms with van der Waals surface area (Å²) >= 11 is 0. The van der Waals surface area contributed by atoms with Crippen molar-refractivity contribution in [3.63, 3.8) is 0 Å². The highest BCUT2D eigenvalue weighted by molar-refractivity contribution is 5.64. The second-order valence-electron chi connectivity index (χ2n) is 5.89. The Bertz CT molecular complexity index is 546. The number of aliphatic hydroxyl groups excluding tert-OH is 1. The van der Waals surface area contributed by atoms with Gasteiger partial charge in [-0.25, -0.2) is 0 Å². The number of nitrogens with zero attached hydrogens (tertiary/aromatic N) is 1. The zero-order chi connectivity index (χ0) is 17.4. The van der Waals surface area contributed by atoms with Gasteiger partial charge in [-0.3, -0.25) is 0 Å². The minimum Gasteiger partial charge on any atom is -0.497 e. The molecule has 1 N–H and O–H groups in total. The van der Waals surface area contributed by atoms with Crippen LogP contribution in [0.4, 0.5) is 11.4 Å². The molecule has 4 heteroatoms. The number of unbranched alkanes of at least 4 members (excludes halogenated alkanes) is 1. The third-order valence-corrected chi connectivity index (χ3v) is 4.02. The third kappa shape index (κ3) is 5.17. The molecular weight excluding hydrogens is 302 g/mol. The fraction of sp³-hybridized carbons (Fsp3) is 0.400. The van der Waals surface area contributed by atoms with E-state index in [-0.39, 0.29) is 6.10 Å². The Morgan fingerprint density at radius 1 is 0.833 bits per heavy atom. The molecule has 0 heterocycles. The van der Waals surface area contributed by atoms with Crippen LogP contribution in [0, 0.1) is 0 Å². The maximum Gasteiger partial charge on any atom is 0.119 e. The molecule has 4 nitrogen and oxygen atoms in total. The molecule has 0 aromatic heterocycles. The minimum atomic E-state index is -0.236. The molecule has 0 bridgehead atoms. The van der Waals surface area contributed by atoms with Gasteiger partial charge in [0.25, 0.3) is 0 Å². The Balaban J connectivity index is 2.15. The third-order valence-electron chi connectivity index (χ3n) is 4.02. The summed E-state index contributed by atoms with van der Waals surface area (Å²) in [7, 11) is 3.35. The summed E-state index contributed by atoms with van der Waals surface area (Å²) in [4.78, 5) is 2.28. The van der Waals surface area contributed by atoms with Crippen molar-refractivity contribution in [3.8, 4) is 11.5 Å². The monoisotopic (exact) mass is 329 g/mol. The van der Waals surface area contributed by atoms with Crippen molar-refractivity contribution in [2.24, 2.45) is 0 Å². The molecule has 0 aliphatic carbocycles. The molecule has 0 saturated carbocycles. The summed E-state index contributed by atoms with van der Waals surface area (Å²) in [6, 6.07) is 16.2. The lowest BCUT2D eigenvalue weighted by molar-refractivity contribution is 0.181. The molecule has 0 aliphatic heterocycles. The molecule has 2 aromatic rings. The summed E-state index contributed by atoms with van der Waals surface area (Å²) < 4.78 is 10.5. The van der Waals surface area contributed by atoms with Gasteiger partial charge in [-0.2, -0.15) is 0 Å². The fourth-order valence-corrected chi connectivity index (χ4v) is 2.64. The zero-order valence-corrected chi connectivity index (χ0v) is 14.7. The van der Waals surface area contributed by atoms with Gasteiger partial charge in [-0.1, -0.05) is 0 Å². The molecule has 0 saturated heterocycles. The number of hydrogen-bond donors (Lipinski definition) is 1. The SMILES string of the molecule is COc1ccc(N(CCCCC(C)O)c2ccc(OC)cc2)cc1. The highest BCUT2D eigenvalue weighted by Crippen LogP contribution is 2.29. The topological polar surface area (TPSA) is 41.9 Å². The van der Waals surface area contributed by atoms with Crippen molar-refractivity contribution in [2.75, 3.05) is 25.7 Å². The minimum absolute atomic E-state index is 0.236. The van der Waals surface area contributed by atoms with Gasteiger partial charge in [0, 0.05) is 17.9 Å². The van der Waals surface area contributed by atoms with Crippen LogP contribution in [0.5, 0.6) is 11.5 Å². The van der Waals surface area contributed by atoms with E-state index >= 15 is 0 Å². The van der Waals surface area contributed by atoms with Crippen LogP contribution in [0.25, 0.3) is 0 Å². The Labute approximate surface area is 144 Å². The molecule has 130 valence electrons. The van der Waals surface area contributed by atoms with Crippen LogP contribution in [0.1, 0.15) is 26.2 Å². The molecule has 0 spiro atoms. The molecule has 0 fully saturated rings. The largest absolute Gasteiger partial charge is 0.497 e. The van der Waals surface area contributed by atoms with Crippen LogP contribution < -0.4 is 14.4 Å². The summed E-state index contributed by atoms with van der Waals surface area (Å²) in [6.45, 7) is 2.73. The molecule has 24 heavy (non-hydrogen) atoms. The molecular formula is C20H27NO3. The van der Waals surface area contributed by atoms with Gasteiger partial charge in [0.1, 0.15) is 11.5 Å². The maximum atomic E-state index is 9.43. The standard InChI is InChI=1S/C20H27NO3/c1-16(22)6-4-5-15-21(17-7-11-19(23-2)12-8-17)18-9-13-20(24-3)14-10-18/h7-14,16,22H,4-6,15H2,1-3H3. The summed E-state index contributed by atoms with van der Waals surface area (Å²) in [5, 5.41) is 9.43. The number of hydrogen-bond acceptors (Lipinski definition) is 4. The number of rotatable bonds is 9. The van der Waals surface area contributed by atoms with Crippen molar-refractivity contribution >= 4 is 11.4 Å². The Hall–Kier alpha value is -2.20. The van der Waals surface area contributed by atoms with Crippen LogP contribution in [0.2, 0.25) is 0 Å². The first-order valence-electron chi connectivity index (χ1n) is 8.37. The molecule has 1 unspecified atom stereocenters. The molecule has 0 amide bonds. The number of ether oxygens (including phenoxy) is 2. The molecule has 2 rings (SSSR count). The summed E-state index contributed by atoms with van der Waals surface area (Å²) in [5.41, 5.74) is 2.25. The lowest BCUT2D eigenvalue weighted by Gasteiger charge is -2.25. The van der Waals surface area contributed by atoms with Gasteiger partial charge < -0.3 is 19.5 Å². The van der Waals surface area contributed by atoms with Gasteiger partial charge in [0.15, 0.2) is 0 Å². The van der Waals surface area contributed by atoms with Gasteiger partial charge in [0.2, 0.25) is 0 Å². The van der Waals surface area contributed by atoms with Crippen LogP contribution in [-0.2, 0) is 0 Å². The lowest BCUT2D eigenvalue weighted by atomic mass is 10.1. The molecule has 1 atom stereocenters. The highest BCUT2D eigenvalue weighted by Gasteiger charge is 2.10. The van der Waals surface area contributed by atoms with Crippen molar-refractivity contribution in [1.82, 2.24) is 0 Å². The van der Waals surface area contributed by atoms with E-state index in [1.807, 2.05) is 31.2 Å². The Morgan fingerprint density at radius 2 is 1.29 bits per heavy atom. The number of aliphatic hydroxyl groups is 1. The Kier molecular flexibility index (Phi) is 6.94. The van der Waals surface area contributed by atoms with E-state index in [1.54, 1.807) is 14.2 Å². The molecule has 2 aromatic carbocycles. The first-order valence-corrected chi connectivity index (χ1v) is 8.37. The normalized spacial score (nSPS) is 11.8. The second kappa shape index (κ2) is 9.18. The number of benzene rings is 2. The highest BCUT2D eigenvalue weighted by atomic mass is 16.5. The number of anilines is 2. The van der Waals surface area contributed by atoms with Crippen LogP contribution in [0.15, 0.2) is 48.5 Å². The predicted molar refractivity (Wildman–Crippen MR) is 98.5 cm³/mol. The number of methoxy groups -OCH3 is 2. The van der Waals surface area contributed by atoms with E-state index in [0.29, 0.717) is 0 Å². The average Bonchev–Trinajstić information content (AvgIpc) is 2.62. The van der Waals surface area contributed by atoms with E-state index in [1.165, 1.54) is 0 Å². The van der Waals surface area contributed by atoms with Crippen LogP contribution in [-0.4, -0.2) is 32.0 Å². The molecule has 0 radical (unpaired) electrons. The van der Waals surface area contributed by atoms with Crippen molar-refractivity contribution in [3.05, 3.63) is 48.5 Å². The van der Waals surface area contributed by atoms with Crippen LogP contribution in [0.3, 0.4) is 0 Å². The summed E-state index contributed by atoms with van der Waals surface area (Å²) in [5.74, 6) is 1.70. The quantitative estimate of drug-likeness (QED) is 0.693. The van der Waals surface area contributed by atoms with E-state index in [4.69, 9.17) is 9.47 Å². The van der Waals surface area contributed by atoms with E-state index in [0.717, 1.165) is 48.7 Å². The maximum absolute atomic E-state index is 9.43. The van der Waals surface area contributed by atoms with Gasteiger partial charge in [-0.15, -0.1) is 0 Å². The van der Waals surface area contributed by atoms with Crippen LogP contribution >= 0.6 is 0 Å². The summed E-state index contributed by atoms with van der Waals surface area (Å²) in [6.07, 6.45) is 2.61. The first-order chi connectivity index (χ1) is 11.6. The zero-order valence-electron chi connectivity index (χ0n) is 14.7. The second-order valence-corrected chi connectivity index (χ2v) is 5.89. The fourth-order valence-electron chi connectivity index (χ4n) is 2.64. The van der Waals surface area contributed by atoms with Crippen molar-refractivity contribution in [2.45, 2.75) is 32.3 Å². The van der Waals surface area contributed by atoms with Gasteiger partial charge >= 0.3 is 0 Å². The predicted octanol–water partition coefficient (Wildman–Crippen LogP) is 4.39. The lowest BCUT2D eigenvalue weighted by Crippen LogP contribution is -2.18. The van der Waals surface area contributed by atoms with Crippen molar-refractivity contribution < 1.29 is 14.6 Å². The van der Waals surface area contributed by atoms with E-state index in [2.05, 4.69) is 29.2 Å². The van der Waals surface area contributed by atoms with Gasteiger partial charge in [-0.05, 0) is 74.7 Å². The Morgan fingerprint density at radius 3 is 1.67 bits per heavy atom. The first kappa shape index (κ1) is 18.1. The molecule has 0 aliphatic rings. The van der Waals surface area contributed by atoms with Gasteiger partial charge in [0.05, 0.1) is 20.3 Å². The van der Waals surface area contributed by atoms with E-state index < -0.39 is 0 Å².